The summed E-state index contributed by atoms with van der Waals surface area (Å²) in [6.07, 6.45) is -4.89. The number of halogens is 3. The smallest absolute Gasteiger partial charge is 0.361 e. The summed E-state index contributed by atoms with van der Waals surface area (Å²) in [5.41, 5.74) is -2.42. The van der Waals surface area contributed by atoms with E-state index in [9.17, 15) is 23.3 Å². The van der Waals surface area contributed by atoms with E-state index in [0.29, 0.717) is 11.5 Å². The zero-order chi connectivity index (χ0) is 15.1. The summed E-state index contributed by atoms with van der Waals surface area (Å²) in [5.74, 6) is 0.482. The summed E-state index contributed by atoms with van der Waals surface area (Å²) in [5, 5.41) is 17.7. The van der Waals surface area contributed by atoms with Gasteiger partial charge in [-0.15, -0.1) is 0 Å². The van der Waals surface area contributed by atoms with Gasteiger partial charge >= 0.3 is 11.9 Å². The largest absolute Gasteiger partial charge is 0.442 e. The molecule has 0 amide bonds. The number of nitrogens with zero attached hydrogens (tertiary/aromatic N) is 4. The van der Waals surface area contributed by atoms with E-state index in [1.807, 2.05) is 0 Å². The highest BCUT2D eigenvalue weighted by atomic mass is 19.4. The topological polar surface area (TPSA) is 87.0 Å². The molecule has 0 bridgehead atoms. The van der Waals surface area contributed by atoms with Crippen molar-refractivity contribution in [3.05, 3.63) is 39.0 Å². The first-order valence-corrected chi connectivity index (χ1v) is 5.41. The van der Waals surface area contributed by atoms with E-state index in [4.69, 9.17) is 4.52 Å². The maximum absolute atomic E-state index is 12.7. The highest BCUT2D eigenvalue weighted by molar-refractivity contribution is 5.42. The van der Waals surface area contributed by atoms with Gasteiger partial charge in [-0.1, -0.05) is 5.16 Å². The number of alkyl halides is 3. The summed E-state index contributed by atoms with van der Waals surface area (Å²) >= 11 is 0. The van der Waals surface area contributed by atoms with E-state index in [1.54, 1.807) is 6.92 Å². The van der Waals surface area contributed by atoms with Crippen molar-refractivity contribution in [1.29, 1.82) is 0 Å². The fourth-order valence-corrected chi connectivity index (χ4v) is 1.75. The summed E-state index contributed by atoms with van der Waals surface area (Å²) < 4.78 is 43.9. The van der Waals surface area contributed by atoms with E-state index in [1.165, 1.54) is 13.0 Å². The summed E-state index contributed by atoms with van der Waals surface area (Å²) in [4.78, 5) is 9.69. The zero-order valence-electron chi connectivity index (χ0n) is 10.4. The Morgan fingerprint density at radius 1 is 1.45 bits per heavy atom. The number of rotatable bonds is 3. The van der Waals surface area contributed by atoms with Crippen LogP contribution in [0.1, 0.15) is 22.8 Å². The van der Waals surface area contributed by atoms with Gasteiger partial charge in [0.25, 0.3) is 0 Å². The van der Waals surface area contributed by atoms with Crippen LogP contribution in [0.2, 0.25) is 0 Å². The molecular weight excluding hydrogens is 281 g/mol. The lowest BCUT2D eigenvalue weighted by molar-refractivity contribution is -0.388. The first kappa shape index (κ1) is 14.0. The molecule has 0 saturated carbocycles. The maximum Gasteiger partial charge on any atom is 0.442 e. The minimum atomic E-state index is -4.89. The molecular formula is C10H9F3N4O3. The van der Waals surface area contributed by atoms with Crippen LogP contribution in [0.5, 0.6) is 0 Å². The molecule has 0 radical (unpaired) electrons. The van der Waals surface area contributed by atoms with E-state index in [0.717, 1.165) is 4.68 Å². The zero-order valence-corrected chi connectivity index (χ0v) is 10.4. The summed E-state index contributed by atoms with van der Waals surface area (Å²) in [6.45, 7) is 2.68. The van der Waals surface area contributed by atoms with Gasteiger partial charge in [-0.3, -0.25) is 14.8 Å². The lowest BCUT2D eigenvalue weighted by Crippen LogP contribution is -2.10. The Bertz CT molecular complexity index is 659. The predicted molar refractivity (Wildman–Crippen MR) is 59.0 cm³/mol. The molecule has 20 heavy (non-hydrogen) atoms. The molecule has 0 spiro atoms. The van der Waals surface area contributed by atoms with Gasteiger partial charge in [-0.25, -0.2) is 0 Å². The number of aryl methyl sites for hydroxylation is 1. The minimum absolute atomic E-state index is 0.139. The van der Waals surface area contributed by atoms with Crippen LogP contribution in [0.15, 0.2) is 10.6 Å². The van der Waals surface area contributed by atoms with Crippen LogP contribution in [0, 0.1) is 24.0 Å². The average molecular weight is 290 g/mol. The Balaban J connectivity index is 2.47. The molecule has 0 aliphatic carbocycles. The van der Waals surface area contributed by atoms with Gasteiger partial charge in [0, 0.05) is 6.07 Å². The van der Waals surface area contributed by atoms with E-state index in [2.05, 4.69) is 10.3 Å². The van der Waals surface area contributed by atoms with Gasteiger partial charge in [0.1, 0.15) is 17.1 Å². The minimum Gasteiger partial charge on any atom is -0.361 e. The normalized spacial score (nSPS) is 11.8. The third-order valence-electron chi connectivity index (χ3n) is 2.61. The van der Waals surface area contributed by atoms with Crippen LogP contribution in [0.4, 0.5) is 18.9 Å². The molecule has 0 aromatic carbocycles. The number of nitro groups is 1. The SMILES string of the molecule is Cc1cc(Cn2nc(C(F)(F)F)c([N+](=O)[O-])c2C)no1. The Morgan fingerprint density at radius 2 is 2.10 bits per heavy atom. The molecule has 2 aromatic rings. The molecule has 0 unspecified atom stereocenters. The lowest BCUT2D eigenvalue weighted by atomic mass is 10.3. The quantitative estimate of drug-likeness (QED) is 0.640. The van der Waals surface area contributed by atoms with Gasteiger partial charge < -0.3 is 4.52 Å². The Kier molecular flexibility index (Phi) is 3.24. The number of aromatic nitrogens is 3. The van der Waals surface area contributed by atoms with E-state index in [-0.39, 0.29) is 12.2 Å². The van der Waals surface area contributed by atoms with Crippen LogP contribution in [0.25, 0.3) is 0 Å². The lowest BCUT2D eigenvalue weighted by Gasteiger charge is -2.00. The highest BCUT2D eigenvalue weighted by Gasteiger charge is 2.44. The Hall–Kier alpha value is -2.39. The van der Waals surface area contributed by atoms with E-state index < -0.39 is 22.5 Å². The molecule has 0 aliphatic heterocycles. The standard InChI is InChI=1S/C10H9F3N4O3/c1-5-3-7(15-20-5)4-16-6(2)8(17(18)19)9(14-16)10(11,12)13/h3H,4H2,1-2H3. The molecule has 0 saturated heterocycles. The van der Waals surface area contributed by atoms with Gasteiger partial charge in [0.05, 0.1) is 11.5 Å². The molecule has 0 N–H and O–H groups in total. The second kappa shape index (κ2) is 4.62. The summed E-state index contributed by atoms with van der Waals surface area (Å²) in [6, 6.07) is 1.51. The molecule has 2 rings (SSSR count). The van der Waals surface area contributed by atoms with Crippen LogP contribution < -0.4 is 0 Å². The fourth-order valence-electron chi connectivity index (χ4n) is 1.75. The van der Waals surface area contributed by atoms with Gasteiger partial charge in [0.2, 0.25) is 5.69 Å². The summed E-state index contributed by atoms with van der Waals surface area (Å²) in [7, 11) is 0. The second-order valence-electron chi connectivity index (χ2n) is 4.12. The number of hydrogen-bond donors (Lipinski definition) is 0. The van der Waals surface area contributed by atoms with Crippen molar-refractivity contribution in [2.75, 3.05) is 0 Å². The molecule has 2 aromatic heterocycles. The van der Waals surface area contributed by atoms with Crippen molar-refractivity contribution >= 4 is 5.69 Å². The van der Waals surface area contributed by atoms with Crippen molar-refractivity contribution in [2.24, 2.45) is 0 Å². The van der Waals surface area contributed by atoms with Gasteiger partial charge in [-0.2, -0.15) is 18.3 Å². The molecule has 7 nitrogen and oxygen atoms in total. The van der Waals surface area contributed by atoms with Crippen molar-refractivity contribution in [3.63, 3.8) is 0 Å². The third-order valence-corrected chi connectivity index (χ3v) is 2.61. The first-order chi connectivity index (χ1) is 9.20. The third kappa shape index (κ3) is 2.49. The van der Waals surface area contributed by atoms with Crippen molar-refractivity contribution < 1.29 is 22.6 Å². The highest BCUT2D eigenvalue weighted by Crippen LogP contribution is 2.37. The Labute approximate surface area is 110 Å². The predicted octanol–water partition coefficient (Wildman–Crippen LogP) is 2.46. The maximum atomic E-state index is 12.7. The molecule has 2 heterocycles. The second-order valence-corrected chi connectivity index (χ2v) is 4.12. The van der Waals surface area contributed by atoms with Crippen LogP contribution in [0.3, 0.4) is 0 Å². The molecule has 108 valence electrons. The van der Waals surface area contributed by atoms with Gasteiger partial charge in [0.15, 0.2) is 0 Å². The molecule has 10 heteroatoms. The Morgan fingerprint density at radius 3 is 2.50 bits per heavy atom. The fraction of sp³-hybridized carbons (Fsp3) is 0.400. The average Bonchev–Trinajstić information content (AvgIpc) is 2.84. The number of hydrogen-bond acceptors (Lipinski definition) is 5. The molecule has 0 atom stereocenters. The van der Waals surface area contributed by atoms with Crippen molar-refractivity contribution in [1.82, 2.24) is 14.9 Å². The van der Waals surface area contributed by atoms with Crippen molar-refractivity contribution in [3.8, 4) is 0 Å². The molecule has 0 fully saturated rings. The molecule has 0 aliphatic rings. The first-order valence-electron chi connectivity index (χ1n) is 5.41. The van der Waals surface area contributed by atoms with Crippen LogP contribution >= 0.6 is 0 Å². The van der Waals surface area contributed by atoms with Crippen LogP contribution in [-0.4, -0.2) is 19.9 Å². The van der Waals surface area contributed by atoms with E-state index >= 15 is 0 Å². The van der Waals surface area contributed by atoms with Crippen LogP contribution in [-0.2, 0) is 12.7 Å². The van der Waals surface area contributed by atoms with Gasteiger partial charge in [-0.05, 0) is 13.8 Å². The monoisotopic (exact) mass is 290 g/mol. The van der Waals surface area contributed by atoms with Crippen molar-refractivity contribution in [2.45, 2.75) is 26.6 Å².